The summed E-state index contributed by atoms with van der Waals surface area (Å²) in [4.78, 5) is 1.59. The number of nitrogens with zero attached hydrogens (tertiary/aromatic N) is 1. The maximum atomic E-state index is 4.07. The molecule has 2 aromatic heterocycles. The van der Waals surface area contributed by atoms with E-state index in [1.165, 1.54) is 36.9 Å². The van der Waals surface area contributed by atoms with Gasteiger partial charge >= 0.3 is 0 Å². The van der Waals surface area contributed by atoms with Gasteiger partial charge in [0.25, 0.3) is 0 Å². The Hall–Kier alpha value is -1.13. The van der Waals surface area contributed by atoms with Gasteiger partial charge in [-0.2, -0.15) is 5.10 Å². The first-order valence-electron chi connectivity index (χ1n) is 7.13. The third kappa shape index (κ3) is 2.90. The third-order valence-corrected chi connectivity index (χ3v) is 5.00. The molecule has 4 heteroatoms. The number of rotatable bonds is 5. The molecule has 1 aliphatic rings. The summed E-state index contributed by atoms with van der Waals surface area (Å²) >= 11 is 1.92. The van der Waals surface area contributed by atoms with Crippen LogP contribution in [0.4, 0.5) is 0 Å². The molecule has 3 nitrogen and oxygen atoms in total. The van der Waals surface area contributed by atoms with Gasteiger partial charge in [-0.3, -0.25) is 5.10 Å². The summed E-state index contributed by atoms with van der Waals surface area (Å²) in [6, 6.07) is 2.89. The van der Waals surface area contributed by atoms with Crippen LogP contribution in [0.2, 0.25) is 0 Å². The van der Waals surface area contributed by atoms with Crippen molar-refractivity contribution in [1.82, 2.24) is 15.5 Å². The molecule has 1 unspecified atom stereocenters. The summed E-state index contributed by atoms with van der Waals surface area (Å²) in [7, 11) is 0. The van der Waals surface area contributed by atoms with Gasteiger partial charge in [0.05, 0.1) is 6.20 Å². The Labute approximate surface area is 118 Å². The summed E-state index contributed by atoms with van der Waals surface area (Å²) < 4.78 is 0. The highest BCUT2D eigenvalue weighted by molar-refractivity contribution is 7.10. The molecule has 2 aromatic rings. The molecule has 0 spiro atoms. The smallest absolute Gasteiger partial charge is 0.0522 e. The van der Waals surface area contributed by atoms with Crippen LogP contribution in [0.5, 0.6) is 0 Å². The fraction of sp³-hybridized carbons (Fsp3) is 0.533. The average Bonchev–Trinajstić information content (AvgIpc) is 3.04. The van der Waals surface area contributed by atoms with Crippen molar-refractivity contribution in [3.63, 3.8) is 0 Å². The topological polar surface area (TPSA) is 40.7 Å². The number of hydrogen-bond donors (Lipinski definition) is 2. The van der Waals surface area contributed by atoms with Crippen molar-refractivity contribution >= 4 is 11.3 Å². The number of aromatic nitrogens is 2. The molecule has 0 amide bonds. The number of nitrogens with one attached hydrogen (secondary N) is 2. The minimum absolute atomic E-state index is 0.584. The van der Waals surface area contributed by atoms with Crippen LogP contribution in [0.3, 0.4) is 0 Å². The van der Waals surface area contributed by atoms with E-state index >= 15 is 0 Å². The third-order valence-electron chi connectivity index (χ3n) is 4.00. The van der Waals surface area contributed by atoms with Crippen LogP contribution in [0, 0.1) is 6.92 Å². The van der Waals surface area contributed by atoms with Crippen molar-refractivity contribution in [3.8, 4) is 0 Å². The fourth-order valence-corrected chi connectivity index (χ4v) is 3.87. The van der Waals surface area contributed by atoms with Gasteiger partial charge in [0.15, 0.2) is 0 Å². The number of hydrogen-bond acceptors (Lipinski definition) is 3. The van der Waals surface area contributed by atoms with Crippen molar-refractivity contribution in [2.75, 3.05) is 6.54 Å². The Morgan fingerprint density at radius 1 is 1.53 bits per heavy atom. The first-order chi connectivity index (χ1) is 9.34. The van der Waals surface area contributed by atoms with Crippen molar-refractivity contribution in [1.29, 1.82) is 0 Å². The maximum Gasteiger partial charge on any atom is 0.0522 e. The standard InChI is InChI=1S/C15H21N3S/c1-11-12(10-17-18-11)4-3-8-16-14-5-2-6-15-13(14)7-9-19-15/h7,9-10,14,16H,2-6,8H2,1H3,(H,17,18). The van der Waals surface area contributed by atoms with Crippen molar-refractivity contribution in [2.24, 2.45) is 0 Å². The lowest BCUT2D eigenvalue weighted by Crippen LogP contribution is -2.25. The molecule has 0 fully saturated rings. The van der Waals surface area contributed by atoms with Gasteiger partial charge < -0.3 is 5.32 Å². The Kier molecular flexibility index (Phi) is 3.99. The molecule has 1 atom stereocenters. The van der Waals surface area contributed by atoms with E-state index in [0.717, 1.165) is 13.0 Å². The number of aromatic amines is 1. The van der Waals surface area contributed by atoms with Crippen molar-refractivity contribution in [2.45, 2.75) is 45.1 Å². The number of thiophene rings is 1. The molecule has 0 saturated carbocycles. The maximum absolute atomic E-state index is 4.07. The average molecular weight is 275 g/mol. The lowest BCUT2D eigenvalue weighted by Gasteiger charge is -2.23. The fourth-order valence-electron chi connectivity index (χ4n) is 2.88. The summed E-state index contributed by atoms with van der Waals surface area (Å²) in [5, 5.41) is 13.0. The minimum atomic E-state index is 0.584. The monoisotopic (exact) mass is 275 g/mol. The van der Waals surface area contributed by atoms with E-state index in [1.807, 2.05) is 17.5 Å². The molecule has 0 bridgehead atoms. The summed E-state index contributed by atoms with van der Waals surface area (Å²) in [5.74, 6) is 0. The zero-order valence-electron chi connectivity index (χ0n) is 11.4. The largest absolute Gasteiger partial charge is 0.310 e. The van der Waals surface area contributed by atoms with Gasteiger partial charge in [0.2, 0.25) is 0 Å². The quantitative estimate of drug-likeness (QED) is 0.821. The molecule has 0 aromatic carbocycles. The Morgan fingerprint density at radius 2 is 2.47 bits per heavy atom. The minimum Gasteiger partial charge on any atom is -0.310 e. The van der Waals surface area contributed by atoms with E-state index in [2.05, 4.69) is 33.9 Å². The van der Waals surface area contributed by atoms with Gasteiger partial charge in [0, 0.05) is 16.6 Å². The van der Waals surface area contributed by atoms with Crippen LogP contribution < -0.4 is 5.32 Å². The van der Waals surface area contributed by atoms with Crippen LogP contribution in [0.1, 0.15) is 47.0 Å². The highest BCUT2D eigenvalue weighted by atomic mass is 32.1. The summed E-state index contributed by atoms with van der Waals surface area (Å²) in [6.07, 6.45) is 8.13. The second kappa shape index (κ2) is 5.88. The molecule has 0 saturated heterocycles. The Morgan fingerprint density at radius 3 is 3.32 bits per heavy atom. The van der Waals surface area contributed by atoms with Gasteiger partial charge in [-0.05, 0) is 68.1 Å². The molecular formula is C15H21N3S. The normalized spacial score (nSPS) is 18.5. The summed E-state index contributed by atoms with van der Waals surface area (Å²) in [6.45, 7) is 3.18. The predicted octanol–water partition coefficient (Wildman–Crippen LogP) is 3.38. The van der Waals surface area contributed by atoms with E-state index in [0.29, 0.717) is 6.04 Å². The number of H-pyrrole nitrogens is 1. The van der Waals surface area contributed by atoms with E-state index in [-0.39, 0.29) is 0 Å². The molecule has 3 rings (SSSR count). The van der Waals surface area contributed by atoms with Gasteiger partial charge in [-0.1, -0.05) is 0 Å². The lowest BCUT2D eigenvalue weighted by molar-refractivity contribution is 0.459. The molecule has 102 valence electrons. The first kappa shape index (κ1) is 12.9. The van der Waals surface area contributed by atoms with E-state index in [9.17, 15) is 0 Å². The van der Waals surface area contributed by atoms with Gasteiger partial charge in [-0.25, -0.2) is 0 Å². The Bertz CT molecular complexity index is 529. The molecule has 0 aliphatic heterocycles. The van der Waals surface area contributed by atoms with Gasteiger partial charge in [-0.15, -0.1) is 11.3 Å². The van der Waals surface area contributed by atoms with E-state index in [1.54, 1.807) is 10.4 Å². The van der Waals surface area contributed by atoms with E-state index in [4.69, 9.17) is 0 Å². The van der Waals surface area contributed by atoms with E-state index < -0.39 is 0 Å². The molecule has 1 aliphatic carbocycles. The molecule has 0 radical (unpaired) electrons. The van der Waals surface area contributed by atoms with Crippen molar-refractivity contribution < 1.29 is 0 Å². The Balaban J connectivity index is 1.48. The zero-order chi connectivity index (χ0) is 13.1. The second-order valence-electron chi connectivity index (χ2n) is 5.32. The molecule has 19 heavy (non-hydrogen) atoms. The molecule has 2 N–H and O–H groups in total. The highest BCUT2D eigenvalue weighted by Crippen LogP contribution is 2.33. The molecular weight excluding hydrogens is 254 g/mol. The number of aryl methyl sites for hydroxylation is 3. The van der Waals surface area contributed by atoms with Crippen LogP contribution >= 0.6 is 11.3 Å². The highest BCUT2D eigenvalue weighted by Gasteiger charge is 2.20. The first-order valence-corrected chi connectivity index (χ1v) is 8.01. The van der Waals surface area contributed by atoms with Gasteiger partial charge in [0.1, 0.15) is 0 Å². The number of fused-ring (bicyclic) bond motifs is 1. The SMILES string of the molecule is Cc1[nH]ncc1CCCNC1CCCc2sccc21. The van der Waals surface area contributed by atoms with Crippen molar-refractivity contribution in [3.05, 3.63) is 39.3 Å². The van der Waals surface area contributed by atoms with Crippen LogP contribution in [-0.4, -0.2) is 16.7 Å². The van der Waals surface area contributed by atoms with Crippen LogP contribution in [0.25, 0.3) is 0 Å². The lowest BCUT2D eigenvalue weighted by atomic mass is 9.94. The molecule has 2 heterocycles. The van der Waals surface area contributed by atoms with Crippen LogP contribution in [-0.2, 0) is 12.8 Å². The second-order valence-corrected chi connectivity index (χ2v) is 6.32. The summed E-state index contributed by atoms with van der Waals surface area (Å²) in [5.41, 5.74) is 4.11. The predicted molar refractivity (Wildman–Crippen MR) is 79.6 cm³/mol. The zero-order valence-corrected chi connectivity index (χ0v) is 12.2. The van der Waals surface area contributed by atoms with Crippen LogP contribution in [0.15, 0.2) is 17.6 Å².